The molecule has 106 valence electrons. The van der Waals surface area contributed by atoms with E-state index in [1.54, 1.807) is 6.07 Å². The molecule has 0 radical (unpaired) electrons. The van der Waals surface area contributed by atoms with Gasteiger partial charge in [0.15, 0.2) is 0 Å². The molecule has 0 aliphatic carbocycles. The summed E-state index contributed by atoms with van der Waals surface area (Å²) in [5.74, 6) is 0. The summed E-state index contributed by atoms with van der Waals surface area (Å²) in [6.45, 7) is 1.92. The van der Waals surface area contributed by atoms with Gasteiger partial charge in [0, 0.05) is 4.47 Å². The van der Waals surface area contributed by atoms with Crippen LogP contribution in [0.2, 0.25) is 5.02 Å². The molecule has 0 aromatic heterocycles. The molecule has 1 aromatic rings. The minimum absolute atomic E-state index is 0.00900. The first kappa shape index (κ1) is 16.8. The van der Waals surface area contributed by atoms with E-state index in [9.17, 15) is 8.42 Å². The summed E-state index contributed by atoms with van der Waals surface area (Å²) in [5.41, 5.74) is 5.53. The van der Waals surface area contributed by atoms with Crippen LogP contribution >= 0.6 is 39.7 Å². The van der Waals surface area contributed by atoms with Crippen molar-refractivity contribution in [3.05, 3.63) is 27.7 Å². The average molecular weight is 386 g/mol. The first-order valence-corrected chi connectivity index (χ1v) is 8.61. The van der Waals surface area contributed by atoms with Crippen molar-refractivity contribution in [1.29, 1.82) is 0 Å². The van der Waals surface area contributed by atoms with E-state index in [0.717, 1.165) is 6.42 Å². The molecule has 19 heavy (non-hydrogen) atoms. The van der Waals surface area contributed by atoms with Gasteiger partial charge >= 0.3 is 0 Å². The van der Waals surface area contributed by atoms with E-state index in [-0.39, 0.29) is 14.9 Å². The fourth-order valence-electron chi connectivity index (χ4n) is 1.49. The predicted molar refractivity (Wildman–Crippen MR) is 85.0 cm³/mol. The minimum Gasteiger partial charge on any atom is -0.392 e. The van der Waals surface area contributed by atoms with E-state index in [1.807, 2.05) is 6.92 Å². The number of hydrogen-bond donors (Lipinski definition) is 2. The van der Waals surface area contributed by atoms with Gasteiger partial charge in [-0.2, -0.15) is 0 Å². The number of benzene rings is 1. The molecule has 0 amide bonds. The van der Waals surface area contributed by atoms with Crippen LogP contribution < -0.4 is 10.5 Å². The lowest BCUT2D eigenvalue weighted by Gasteiger charge is -2.17. The van der Waals surface area contributed by atoms with Crippen molar-refractivity contribution >= 4 is 54.8 Å². The Labute approximate surface area is 131 Å². The lowest BCUT2D eigenvalue weighted by molar-refractivity contribution is 0.567. The van der Waals surface area contributed by atoms with Crippen LogP contribution in [0.15, 0.2) is 27.6 Å². The fourth-order valence-corrected chi connectivity index (χ4v) is 4.03. The standard InChI is InChI=1S/C11H14BrClN2O2S2/c1-2-3-9(11(14)18)15-19(16,17)10-5-4-7(12)6-8(10)13/h4-6,9,15H,2-3H2,1H3,(H2,14,18). The van der Waals surface area contributed by atoms with Crippen molar-refractivity contribution < 1.29 is 8.42 Å². The van der Waals surface area contributed by atoms with Crippen LogP contribution in [-0.2, 0) is 10.0 Å². The van der Waals surface area contributed by atoms with Crippen molar-refractivity contribution in [2.24, 2.45) is 5.73 Å². The van der Waals surface area contributed by atoms with Crippen LogP contribution in [0.5, 0.6) is 0 Å². The van der Waals surface area contributed by atoms with E-state index in [2.05, 4.69) is 20.7 Å². The molecule has 1 rings (SSSR count). The molecule has 0 aliphatic rings. The minimum atomic E-state index is -3.74. The highest BCUT2D eigenvalue weighted by Gasteiger charge is 2.23. The number of thiocarbonyl (C=S) groups is 1. The third-order valence-electron chi connectivity index (χ3n) is 2.40. The van der Waals surface area contributed by atoms with Crippen LogP contribution in [0.1, 0.15) is 19.8 Å². The normalized spacial score (nSPS) is 13.2. The Hall–Kier alpha value is -0.210. The first-order valence-electron chi connectivity index (χ1n) is 5.54. The second-order valence-electron chi connectivity index (χ2n) is 3.94. The highest BCUT2D eigenvalue weighted by molar-refractivity contribution is 9.10. The number of halogens is 2. The summed E-state index contributed by atoms with van der Waals surface area (Å²) >= 11 is 14.0. The number of nitrogens with two attached hydrogens (primary N) is 1. The monoisotopic (exact) mass is 384 g/mol. The summed E-state index contributed by atoms with van der Waals surface area (Å²) in [6, 6.07) is 3.99. The van der Waals surface area contributed by atoms with Crippen molar-refractivity contribution in [3.8, 4) is 0 Å². The van der Waals surface area contributed by atoms with Crippen LogP contribution in [-0.4, -0.2) is 19.4 Å². The van der Waals surface area contributed by atoms with E-state index in [1.165, 1.54) is 12.1 Å². The number of hydrogen-bond acceptors (Lipinski definition) is 3. The maximum atomic E-state index is 12.2. The lowest BCUT2D eigenvalue weighted by Crippen LogP contribution is -2.43. The second-order valence-corrected chi connectivity index (χ2v) is 7.42. The van der Waals surface area contributed by atoms with Gasteiger partial charge in [-0.3, -0.25) is 0 Å². The van der Waals surface area contributed by atoms with Crippen molar-refractivity contribution in [2.75, 3.05) is 0 Å². The number of nitrogens with one attached hydrogen (secondary N) is 1. The summed E-state index contributed by atoms with van der Waals surface area (Å²) < 4.78 is 27.6. The zero-order valence-corrected chi connectivity index (χ0v) is 14.2. The second kappa shape index (κ2) is 6.99. The molecule has 0 fully saturated rings. The average Bonchev–Trinajstić information content (AvgIpc) is 2.27. The summed E-state index contributed by atoms with van der Waals surface area (Å²) in [7, 11) is -3.74. The maximum Gasteiger partial charge on any atom is 0.242 e. The highest BCUT2D eigenvalue weighted by atomic mass is 79.9. The zero-order chi connectivity index (χ0) is 14.6. The Morgan fingerprint density at radius 1 is 1.58 bits per heavy atom. The molecule has 0 saturated carbocycles. The predicted octanol–water partition coefficient (Wildman–Crippen LogP) is 2.84. The van der Waals surface area contributed by atoms with Gasteiger partial charge in [-0.15, -0.1) is 0 Å². The molecular weight excluding hydrogens is 372 g/mol. The third-order valence-corrected chi connectivity index (χ3v) is 5.13. The van der Waals surface area contributed by atoms with Crippen LogP contribution in [0, 0.1) is 0 Å². The molecule has 0 aliphatic heterocycles. The van der Waals surface area contributed by atoms with Crippen LogP contribution in [0.3, 0.4) is 0 Å². The first-order chi connectivity index (χ1) is 8.77. The Morgan fingerprint density at radius 2 is 2.21 bits per heavy atom. The molecule has 0 spiro atoms. The van der Waals surface area contributed by atoms with Gasteiger partial charge in [0.25, 0.3) is 0 Å². The topological polar surface area (TPSA) is 72.2 Å². The van der Waals surface area contributed by atoms with Crippen molar-refractivity contribution in [3.63, 3.8) is 0 Å². The molecule has 3 N–H and O–H groups in total. The largest absolute Gasteiger partial charge is 0.392 e. The molecule has 1 aromatic carbocycles. The number of rotatable bonds is 6. The molecule has 0 heterocycles. The van der Waals surface area contributed by atoms with Gasteiger partial charge in [-0.25, -0.2) is 13.1 Å². The van der Waals surface area contributed by atoms with Gasteiger partial charge in [0.1, 0.15) is 4.90 Å². The molecule has 8 heteroatoms. The summed E-state index contributed by atoms with van der Waals surface area (Å²) in [4.78, 5) is 0.133. The molecule has 1 atom stereocenters. The van der Waals surface area contributed by atoms with Gasteiger partial charge in [-0.05, 0) is 24.6 Å². The van der Waals surface area contributed by atoms with Crippen molar-refractivity contribution in [2.45, 2.75) is 30.7 Å². The smallest absolute Gasteiger partial charge is 0.242 e. The van der Waals surface area contributed by atoms with Crippen LogP contribution in [0.25, 0.3) is 0 Å². The highest BCUT2D eigenvalue weighted by Crippen LogP contribution is 2.25. The van der Waals surface area contributed by atoms with E-state index in [4.69, 9.17) is 29.6 Å². The molecule has 0 bridgehead atoms. The third kappa shape index (κ3) is 4.68. The van der Waals surface area contributed by atoms with E-state index in [0.29, 0.717) is 10.9 Å². The quantitative estimate of drug-likeness (QED) is 0.739. The van der Waals surface area contributed by atoms with Gasteiger partial charge in [0.2, 0.25) is 10.0 Å². The fraction of sp³-hybridized carbons (Fsp3) is 0.364. The number of sulfonamides is 1. The van der Waals surface area contributed by atoms with Crippen LogP contribution in [0.4, 0.5) is 0 Å². The van der Waals surface area contributed by atoms with Gasteiger partial charge in [-0.1, -0.05) is 53.1 Å². The Kier molecular flexibility index (Phi) is 6.19. The van der Waals surface area contributed by atoms with Gasteiger partial charge < -0.3 is 5.73 Å². The van der Waals surface area contributed by atoms with Crippen molar-refractivity contribution in [1.82, 2.24) is 4.72 Å². The Balaban J connectivity index is 3.06. The Bertz CT molecular complexity index is 578. The molecule has 0 saturated heterocycles. The van der Waals surface area contributed by atoms with Gasteiger partial charge in [0.05, 0.1) is 16.1 Å². The van der Waals surface area contributed by atoms with E-state index >= 15 is 0 Å². The molecule has 4 nitrogen and oxygen atoms in total. The zero-order valence-electron chi connectivity index (χ0n) is 10.2. The lowest BCUT2D eigenvalue weighted by atomic mass is 10.2. The molecular formula is C11H14BrClN2O2S2. The van der Waals surface area contributed by atoms with E-state index < -0.39 is 16.1 Å². The Morgan fingerprint density at radius 3 is 2.68 bits per heavy atom. The SMILES string of the molecule is CCCC(NS(=O)(=O)c1ccc(Br)cc1Cl)C(N)=S. The summed E-state index contributed by atoms with van der Waals surface area (Å²) in [6.07, 6.45) is 1.31. The molecule has 1 unspecified atom stereocenters. The maximum absolute atomic E-state index is 12.2. The summed E-state index contributed by atoms with van der Waals surface area (Å²) in [5, 5.41) is 0.139.